The first-order chi connectivity index (χ1) is 5.45. The highest BCUT2D eigenvalue weighted by Crippen LogP contribution is 2.00. The summed E-state index contributed by atoms with van der Waals surface area (Å²) in [4.78, 5) is 10.7. The predicted octanol–water partition coefficient (Wildman–Crippen LogP) is 0.742. The van der Waals surface area contributed by atoms with Crippen LogP contribution in [-0.4, -0.2) is 18.5 Å². The molecule has 1 amide bonds. The molecular formula is C9H20N2O. The van der Waals surface area contributed by atoms with Gasteiger partial charge in [-0.25, -0.2) is 0 Å². The molecule has 0 bridgehead atoms. The highest BCUT2D eigenvalue weighted by atomic mass is 16.1. The molecule has 2 atom stereocenters. The van der Waals surface area contributed by atoms with Gasteiger partial charge in [-0.1, -0.05) is 20.8 Å². The second-order valence-electron chi connectivity index (χ2n) is 3.74. The van der Waals surface area contributed by atoms with E-state index in [1.165, 1.54) is 0 Å². The van der Waals surface area contributed by atoms with E-state index >= 15 is 0 Å². The minimum Gasteiger partial charge on any atom is -0.369 e. The van der Waals surface area contributed by atoms with Crippen LogP contribution in [0.25, 0.3) is 0 Å². The van der Waals surface area contributed by atoms with Gasteiger partial charge in [-0.15, -0.1) is 0 Å². The summed E-state index contributed by atoms with van der Waals surface area (Å²) in [6.07, 6.45) is 0. The number of carbonyl (C=O) groups is 1. The van der Waals surface area contributed by atoms with Crippen molar-refractivity contribution in [3.8, 4) is 0 Å². The van der Waals surface area contributed by atoms with Gasteiger partial charge in [0.05, 0.1) is 0 Å². The maximum Gasteiger partial charge on any atom is 0.221 e. The van der Waals surface area contributed by atoms with Crippen LogP contribution in [0.15, 0.2) is 0 Å². The van der Waals surface area contributed by atoms with Crippen LogP contribution in [0.5, 0.6) is 0 Å². The summed E-state index contributed by atoms with van der Waals surface area (Å²) in [5, 5.41) is 3.26. The van der Waals surface area contributed by atoms with E-state index in [9.17, 15) is 4.79 Å². The van der Waals surface area contributed by atoms with E-state index in [1.807, 2.05) is 6.92 Å². The summed E-state index contributed by atoms with van der Waals surface area (Å²) in [6, 6.07) is 0.437. The number of hydrogen-bond acceptors (Lipinski definition) is 2. The molecule has 3 heteroatoms. The summed E-state index contributed by atoms with van der Waals surface area (Å²) in [7, 11) is 0. The van der Waals surface area contributed by atoms with Crippen LogP contribution in [0.2, 0.25) is 0 Å². The van der Waals surface area contributed by atoms with Gasteiger partial charge in [0.2, 0.25) is 5.91 Å². The Hall–Kier alpha value is -0.570. The molecule has 0 saturated carbocycles. The lowest BCUT2D eigenvalue weighted by molar-refractivity contribution is -0.121. The average molecular weight is 172 g/mol. The molecule has 2 unspecified atom stereocenters. The Morgan fingerprint density at radius 2 is 1.83 bits per heavy atom. The Bertz CT molecular complexity index is 145. The molecule has 0 aromatic carbocycles. The molecule has 0 saturated heterocycles. The Kier molecular flexibility index (Phi) is 4.90. The van der Waals surface area contributed by atoms with Crippen molar-refractivity contribution in [2.45, 2.75) is 33.7 Å². The van der Waals surface area contributed by atoms with Crippen LogP contribution < -0.4 is 11.1 Å². The summed E-state index contributed by atoms with van der Waals surface area (Å²) in [5.41, 5.74) is 5.12. The van der Waals surface area contributed by atoms with E-state index in [0.717, 1.165) is 0 Å². The topological polar surface area (TPSA) is 55.1 Å². The minimum absolute atomic E-state index is 0.0776. The molecule has 0 aromatic heterocycles. The Labute approximate surface area is 74.7 Å². The van der Waals surface area contributed by atoms with E-state index in [0.29, 0.717) is 18.5 Å². The SMILES string of the molecule is CC(CNC(C)C(C)C)C(N)=O. The number of carbonyl (C=O) groups excluding carboxylic acids is 1. The fourth-order valence-corrected chi connectivity index (χ4v) is 0.699. The first kappa shape index (κ1) is 11.4. The highest BCUT2D eigenvalue weighted by Gasteiger charge is 2.11. The number of nitrogens with one attached hydrogen (secondary N) is 1. The largest absolute Gasteiger partial charge is 0.369 e. The monoisotopic (exact) mass is 172 g/mol. The van der Waals surface area contributed by atoms with Crippen molar-refractivity contribution in [3.63, 3.8) is 0 Å². The molecule has 0 heterocycles. The van der Waals surface area contributed by atoms with E-state index in [4.69, 9.17) is 5.73 Å². The van der Waals surface area contributed by atoms with Crippen molar-refractivity contribution in [1.29, 1.82) is 0 Å². The molecular weight excluding hydrogens is 152 g/mol. The lowest BCUT2D eigenvalue weighted by Crippen LogP contribution is -2.38. The summed E-state index contributed by atoms with van der Waals surface area (Å²) in [5.74, 6) is 0.273. The molecule has 0 spiro atoms. The molecule has 3 N–H and O–H groups in total. The number of nitrogens with two attached hydrogens (primary N) is 1. The minimum atomic E-state index is -0.238. The van der Waals surface area contributed by atoms with Gasteiger partial charge in [0, 0.05) is 18.5 Å². The summed E-state index contributed by atoms with van der Waals surface area (Å²) >= 11 is 0. The Morgan fingerprint density at radius 3 is 2.17 bits per heavy atom. The smallest absolute Gasteiger partial charge is 0.221 e. The zero-order chi connectivity index (χ0) is 9.72. The van der Waals surface area contributed by atoms with Crippen LogP contribution in [0.1, 0.15) is 27.7 Å². The van der Waals surface area contributed by atoms with Crippen LogP contribution in [0.3, 0.4) is 0 Å². The van der Waals surface area contributed by atoms with Crippen molar-refractivity contribution >= 4 is 5.91 Å². The predicted molar refractivity (Wildman–Crippen MR) is 50.7 cm³/mol. The standard InChI is InChI=1S/C9H20N2O/c1-6(2)8(4)11-5-7(3)9(10)12/h6-8,11H,5H2,1-4H3,(H2,10,12). The zero-order valence-electron chi connectivity index (χ0n) is 8.42. The maximum atomic E-state index is 10.7. The number of primary amides is 1. The summed E-state index contributed by atoms with van der Waals surface area (Å²) < 4.78 is 0. The molecule has 0 rings (SSSR count). The average Bonchev–Trinajstić information content (AvgIpc) is 1.98. The van der Waals surface area contributed by atoms with Gasteiger partial charge in [0.1, 0.15) is 0 Å². The third kappa shape index (κ3) is 4.34. The molecule has 0 aliphatic carbocycles. The molecule has 3 nitrogen and oxygen atoms in total. The highest BCUT2D eigenvalue weighted by molar-refractivity contribution is 5.76. The molecule has 12 heavy (non-hydrogen) atoms. The number of amides is 1. The van der Waals surface area contributed by atoms with Crippen molar-refractivity contribution in [1.82, 2.24) is 5.32 Å². The van der Waals surface area contributed by atoms with Crippen LogP contribution in [-0.2, 0) is 4.79 Å². The van der Waals surface area contributed by atoms with Gasteiger partial charge in [-0.3, -0.25) is 4.79 Å². The molecule has 0 radical (unpaired) electrons. The zero-order valence-corrected chi connectivity index (χ0v) is 8.42. The lowest BCUT2D eigenvalue weighted by Gasteiger charge is -2.18. The quantitative estimate of drug-likeness (QED) is 0.642. The van der Waals surface area contributed by atoms with E-state index in [2.05, 4.69) is 26.1 Å². The van der Waals surface area contributed by atoms with Gasteiger partial charge in [0.25, 0.3) is 0 Å². The van der Waals surface area contributed by atoms with Gasteiger partial charge in [-0.05, 0) is 12.8 Å². The van der Waals surface area contributed by atoms with E-state index < -0.39 is 0 Å². The molecule has 0 aromatic rings. The van der Waals surface area contributed by atoms with Gasteiger partial charge in [-0.2, -0.15) is 0 Å². The molecule has 72 valence electrons. The van der Waals surface area contributed by atoms with Crippen molar-refractivity contribution in [2.24, 2.45) is 17.6 Å². The fraction of sp³-hybridized carbons (Fsp3) is 0.889. The van der Waals surface area contributed by atoms with Crippen molar-refractivity contribution in [3.05, 3.63) is 0 Å². The molecule has 0 aliphatic rings. The fourth-order valence-electron chi connectivity index (χ4n) is 0.699. The van der Waals surface area contributed by atoms with Crippen LogP contribution in [0.4, 0.5) is 0 Å². The third-order valence-corrected chi connectivity index (χ3v) is 2.23. The Morgan fingerprint density at radius 1 is 1.33 bits per heavy atom. The van der Waals surface area contributed by atoms with Gasteiger partial charge >= 0.3 is 0 Å². The first-order valence-electron chi connectivity index (χ1n) is 4.47. The van der Waals surface area contributed by atoms with Crippen molar-refractivity contribution < 1.29 is 4.79 Å². The van der Waals surface area contributed by atoms with Gasteiger partial charge < -0.3 is 11.1 Å². The number of rotatable bonds is 5. The first-order valence-corrected chi connectivity index (χ1v) is 4.47. The maximum absolute atomic E-state index is 10.7. The van der Waals surface area contributed by atoms with Gasteiger partial charge in [0.15, 0.2) is 0 Å². The third-order valence-electron chi connectivity index (χ3n) is 2.23. The summed E-state index contributed by atoms with van der Waals surface area (Å²) in [6.45, 7) is 8.91. The Balaban J connectivity index is 3.61. The van der Waals surface area contributed by atoms with E-state index in [-0.39, 0.29) is 11.8 Å². The lowest BCUT2D eigenvalue weighted by atomic mass is 10.1. The second kappa shape index (κ2) is 5.14. The number of hydrogen-bond donors (Lipinski definition) is 2. The molecule has 0 aliphatic heterocycles. The van der Waals surface area contributed by atoms with E-state index in [1.54, 1.807) is 0 Å². The van der Waals surface area contributed by atoms with Crippen molar-refractivity contribution in [2.75, 3.05) is 6.54 Å². The molecule has 0 fully saturated rings. The second-order valence-corrected chi connectivity index (χ2v) is 3.74. The van der Waals surface area contributed by atoms with Crippen LogP contribution in [0, 0.1) is 11.8 Å². The van der Waals surface area contributed by atoms with Crippen LogP contribution >= 0.6 is 0 Å². The normalized spacial score (nSPS) is 16.1.